The van der Waals surface area contributed by atoms with Gasteiger partial charge in [0.2, 0.25) is 0 Å². The summed E-state index contributed by atoms with van der Waals surface area (Å²) in [7, 11) is 0. The molecular formula is C8H4Br2F2O3. The first-order chi connectivity index (χ1) is 6.86. The molecule has 82 valence electrons. The Balaban J connectivity index is 3.45. The van der Waals surface area contributed by atoms with Gasteiger partial charge in [-0.2, -0.15) is 0 Å². The van der Waals surface area contributed by atoms with Crippen molar-refractivity contribution < 1.29 is 23.8 Å². The lowest BCUT2D eigenvalue weighted by atomic mass is 10.1. The number of aliphatic hydroxyl groups is 1. The Morgan fingerprint density at radius 1 is 1.27 bits per heavy atom. The first-order valence-electron chi connectivity index (χ1n) is 3.60. The van der Waals surface area contributed by atoms with Gasteiger partial charge in [-0.3, -0.25) is 0 Å². The minimum Gasteiger partial charge on any atom is -0.479 e. The van der Waals surface area contributed by atoms with Gasteiger partial charge in [-0.25, -0.2) is 13.6 Å². The van der Waals surface area contributed by atoms with Crippen molar-refractivity contribution in [2.24, 2.45) is 0 Å². The molecule has 0 radical (unpaired) electrons. The molecule has 1 rings (SSSR count). The minimum absolute atomic E-state index is 0.286. The van der Waals surface area contributed by atoms with Gasteiger partial charge in [-0.05, 0) is 31.9 Å². The highest BCUT2D eigenvalue weighted by Gasteiger charge is 2.26. The predicted octanol–water partition coefficient (Wildman–Crippen LogP) is 2.61. The minimum atomic E-state index is -2.00. The van der Waals surface area contributed by atoms with Crippen LogP contribution in [0.3, 0.4) is 0 Å². The molecule has 1 atom stereocenters. The number of carboxylic acid groups (broad SMARTS) is 1. The van der Waals surface area contributed by atoms with Crippen molar-refractivity contribution in [2.45, 2.75) is 6.10 Å². The molecule has 3 nitrogen and oxygen atoms in total. The van der Waals surface area contributed by atoms with Gasteiger partial charge in [-0.1, -0.05) is 0 Å². The second kappa shape index (κ2) is 4.54. The van der Waals surface area contributed by atoms with E-state index in [1.807, 2.05) is 0 Å². The van der Waals surface area contributed by atoms with Gasteiger partial charge in [0.05, 0.1) is 8.95 Å². The number of aliphatic carboxylic acids is 1. The molecule has 1 aromatic carbocycles. The number of rotatable bonds is 2. The van der Waals surface area contributed by atoms with Crippen LogP contribution in [0.25, 0.3) is 0 Å². The fourth-order valence-corrected chi connectivity index (χ4v) is 2.28. The highest BCUT2D eigenvalue weighted by Crippen LogP contribution is 2.35. The molecule has 0 aromatic heterocycles. The van der Waals surface area contributed by atoms with Crippen LogP contribution < -0.4 is 0 Å². The van der Waals surface area contributed by atoms with Crippen molar-refractivity contribution in [2.75, 3.05) is 0 Å². The van der Waals surface area contributed by atoms with E-state index in [2.05, 4.69) is 31.9 Å². The van der Waals surface area contributed by atoms with E-state index in [9.17, 15) is 18.7 Å². The molecule has 0 aliphatic heterocycles. The summed E-state index contributed by atoms with van der Waals surface area (Å²) >= 11 is 5.48. The molecule has 1 aromatic rings. The van der Waals surface area contributed by atoms with E-state index in [-0.39, 0.29) is 14.5 Å². The van der Waals surface area contributed by atoms with Crippen LogP contribution >= 0.6 is 31.9 Å². The second-order valence-electron chi connectivity index (χ2n) is 2.62. The number of aliphatic hydroxyl groups excluding tert-OH is 1. The summed E-state index contributed by atoms with van der Waals surface area (Å²) in [6.07, 6.45) is -2.00. The first-order valence-corrected chi connectivity index (χ1v) is 5.18. The smallest absolute Gasteiger partial charge is 0.337 e. The monoisotopic (exact) mass is 344 g/mol. The van der Waals surface area contributed by atoms with Crippen molar-refractivity contribution in [3.8, 4) is 0 Å². The lowest BCUT2D eigenvalue weighted by Crippen LogP contribution is -2.13. The van der Waals surface area contributed by atoms with Gasteiger partial charge in [-0.15, -0.1) is 0 Å². The third-order valence-corrected chi connectivity index (χ3v) is 3.27. The maximum absolute atomic E-state index is 13.0. The Bertz CT molecular complexity index is 397. The summed E-state index contributed by atoms with van der Waals surface area (Å²) in [6.45, 7) is 0. The number of carboxylic acids is 1. The van der Waals surface area contributed by atoms with Crippen LogP contribution in [-0.4, -0.2) is 16.2 Å². The molecule has 0 aliphatic carbocycles. The summed E-state index contributed by atoms with van der Waals surface area (Å²) < 4.78 is 25.5. The summed E-state index contributed by atoms with van der Waals surface area (Å²) in [5.74, 6) is -3.56. The zero-order chi connectivity index (χ0) is 11.7. The fraction of sp³-hybridized carbons (Fsp3) is 0.125. The molecule has 0 saturated heterocycles. The topological polar surface area (TPSA) is 57.5 Å². The number of halogens is 4. The number of carbonyl (C=O) groups is 1. The maximum atomic E-state index is 13.0. The Morgan fingerprint density at radius 2 is 1.67 bits per heavy atom. The molecule has 15 heavy (non-hydrogen) atoms. The Morgan fingerprint density at radius 3 is 2.00 bits per heavy atom. The van der Waals surface area contributed by atoms with Crippen molar-refractivity contribution >= 4 is 37.8 Å². The SMILES string of the molecule is O=C(O)C(O)c1c(Br)c(F)cc(F)c1Br. The lowest BCUT2D eigenvalue weighted by molar-refractivity contribution is -0.147. The van der Waals surface area contributed by atoms with E-state index < -0.39 is 23.7 Å². The molecule has 0 bridgehead atoms. The van der Waals surface area contributed by atoms with Crippen LogP contribution in [0.5, 0.6) is 0 Å². The van der Waals surface area contributed by atoms with E-state index in [0.29, 0.717) is 6.07 Å². The molecule has 2 N–H and O–H groups in total. The molecule has 0 heterocycles. The Labute approximate surface area is 100.0 Å². The highest BCUT2D eigenvalue weighted by atomic mass is 79.9. The van der Waals surface area contributed by atoms with Crippen LogP contribution in [0, 0.1) is 11.6 Å². The van der Waals surface area contributed by atoms with Crippen molar-refractivity contribution in [1.29, 1.82) is 0 Å². The zero-order valence-corrected chi connectivity index (χ0v) is 10.1. The summed E-state index contributed by atoms with van der Waals surface area (Å²) in [5.41, 5.74) is -0.389. The van der Waals surface area contributed by atoms with Gasteiger partial charge in [0.1, 0.15) is 11.6 Å². The highest BCUT2D eigenvalue weighted by molar-refractivity contribution is 9.11. The second-order valence-corrected chi connectivity index (χ2v) is 4.21. The van der Waals surface area contributed by atoms with Gasteiger partial charge < -0.3 is 10.2 Å². The Hall–Kier alpha value is -0.530. The van der Waals surface area contributed by atoms with Crippen molar-refractivity contribution in [1.82, 2.24) is 0 Å². The summed E-state index contributed by atoms with van der Waals surface area (Å²) in [5, 5.41) is 17.7. The lowest BCUT2D eigenvalue weighted by Gasteiger charge is -2.12. The third-order valence-electron chi connectivity index (χ3n) is 1.65. The predicted molar refractivity (Wildman–Crippen MR) is 54.4 cm³/mol. The molecule has 0 spiro atoms. The molecule has 1 unspecified atom stereocenters. The quantitative estimate of drug-likeness (QED) is 0.810. The van der Waals surface area contributed by atoms with Crippen molar-refractivity contribution in [3.05, 3.63) is 32.2 Å². The average Bonchev–Trinajstić information content (AvgIpc) is 2.15. The van der Waals surface area contributed by atoms with Crippen LogP contribution in [0.1, 0.15) is 11.7 Å². The molecule has 0 amide bonds. The third kappa shape index (κ3) is 2.35. The average molecular weight is 346 g/mol. The van der Waals surface area contributed by atoms with Crippen LogP contribution in [0.15, 0.2) is 15.0 Å². The molecule has 7 heteroatoms. The van der Waals surface area contributed by atoms with Gasteiger partial charge in [0.15, 0.2) is 6.10 Å². The largest absolute Gasteiger partial charge is 0.479 e. The zero-order valence-electron chi connectivity index (χ0n) is 6.97. The number of hydrogen-bond acceptors (Lipinski definition) is 2. The molecule has 0 fully saturated rings. The van der Waals surface area contributed by atoms with Crippen LogP contribution in [0.2, 0.25) is 0 Å². The number of hydrogen-bond donors (Lipinski definition) is 2. The van der Waals surface area contributed by atoms with E-state index in [1.165, 1.54) is 0 Å². The van der Waals surface area contributed by atoms with E-state index in [4.69, 9.17) is 5.11 Å². The Kier molecular flexibility index (Phi) is 3.80. The molecule has 0 aliphatic rings. The van der Waals surface area contributed by atoms with Gasteiger partial charge in [0, 0.05) is 11.6 Å². The van der Waals surface area contributed by atoms with E-state index >= 15 is 0 Å². The summed E-state index contributed by atoms with van der Waals surface area (Å²) in [4.78, 5) is 10.5. The van der Waals surface area contributed by atoms with Crippen molar-refractivity contribution in [3.63, 3.8) is 0 Å². The molecule has 0 saturated carbocycles. The first kappa shape index (κ1) is 12.5. The van der Waals surface area contributed by atoms with Gasteiger partial charge >= 0.3 is 5.97 Å². The normalized spacial score (nSPS) is 12.6. The van der Waals surface area contributed by atoms with E-state index in [1.54, 1.807) is 0 Å². The fourth-order valence-electron chi connectivity index (χ4n) is 0.955. The van der Waals surface area contributed by atoms with Crippen LogP contribution in [0.4, 0.5) is 8.78 Å². The summed E-state index contributed by atoms with van der Waals surface area (Å²) in [6, 6.07) is 0.576. The standard InChI is InChI=1S/C8H4Br2F2O3/c9-5-2(11)1-3(12)6(10)4(5)7(13)8(14)15/h1,7,13H,(H,14,15). The number of benzene rings is 1. The van der Waals surface area contributed by atoms with E-state index in [0.717, 1.165) is 0 Å². The maximum Gasteiger partial charge on any atom is 0.337 e. The van der Waals surface area contributed by atoms with Crippen LogP contribution in [-0.2, 0) is 4.79 Å². The van der Waals surface area contributed by atoms with Gasteiger partial charge in [0.25, 0.3) is 0 Å². The molecular weight excluding hydrogens is 342 g/mol.